The Morgan fingerprint density at radius 2 is 1.71 bits per heavy atom. The molecule has 1 aromatic carbocycles. The van der Waals surface area contributed by atoms with Gasteiger partial charge in [-0.2, -0.15) is 0 Å². The average molecular weight is 495 g/mol. The SMILES string of the molecule is CC(C)C1CCC(N2CCC(N3C(=O)/C(=N\OI)c4ccccc43)CC2)CC1. The predicted molar refractivity (Wildman–Crippen MR) is 121 cm³/mol. The van der Waals surface area contributed by atoms with Crippen molar-refractivity contribution in [3.63, 3.8) is 0 Å². The molecule has 5 nitrogen and oxygen atoms in total. The second-order valence-electron chi connectivity index (χ2n) is 8.78. The van der Waals surface area contributed by atoms with E-state index in [0.29, 0.717) is 5.71 Å². The second-order valence-corrected chi connectivity index (χ2v) is 9.17. The minimum absolute atomic E-state index is 0.0197. The van der Waals surface area contributed by atoms with E-state index in [0.717, 1.165) is 55.1 Å². The van der Waals surface area contributed by atoms with Crippen molar-refractivity contribution in [2.75, 3.05) is 18.0 Å². The molecular formula is C22H30IN3O2. The first kappa shape index (κ1) is 20.1. The summed E-state index contributed by atoms with van der Waals surface area (Å²) in [6, 6.07) is 8.93. The number of likely N-dealkylation sites (tertiary alicyclic amines) is 1. The van der Waals surface area contributed by atoms with Crippen LogP contribution in [0.2, 0.25) is 0 Å². The number of oxime groups is 1. The van der Waals surface area contributed by atoms with Crippen LogP contribution in [0.15, 0.2) is 29.4 Å². The normalized spacial score (nSPS) is 28.2. The number of carbonyl (C=O) groups excluding carboxylic acids is 1. The minimum Gasteiger partial charge on any atom is -0.326 e. The van der Waals surface area contributed by atoms with Crippen molar-refractivity contribution in [1.29, 1.82) is 0 Å². The number of nitrogens with zero attached hydrogens (tertiary/aromatic N) is 3. The second kappa shape index (κ2) is 8.69. The Labute approximate surface area is 182 Å². The standard InChI is InChI=1S/C22H30IN3O2/c1-15(2)16-7-9-17(10-8-16)25-13-11-18(12-14-25)26-20-6-4-3-5-19(20)21(22(26)27)24-28-23/h3-6,15-18H,7-14H2,1-2H3/b24-21-. The highest BCUT2D eigenvalue weighted by atomic mass is 127. The van der Waals surface area contributed by atoms with E-state index in [1.807, 2.05) is 29.2 Å². The number of hydrogen-bond donors (Lipinski definition) is 0. The Balaban J connectivity index is 1.40. The highest BCUT2D eigenvalue weighted by Gasteiger charge is 2.40. The summed E-state index contributed by atoms with van der Waals surface area (Å²) in [4.78, 5) is 17.7. The summed E-state index contributed by atoms with van der Waals surface area (Å²) in [7, 11) is 0. The molecule has 152 valence electrons. The van der Waals surface area contributed by atoms with Crippen LogP contribution in [0.5, 0.6) is 0 Å². The molecule has 0 unspecified atom stereocenters. The minimum atomic E-state index is -0.0197. The molecule has 1 saturated heterocycles. The molecule has 1 amide bonds. The number of piperidine rings is 1. The van der Waals surface area contributed by atoms with Crippen molar-refractivity contribution in [2.45, 2.75) is 64.5 Å². The van der Waals surface area contributed by atoms with Crippen LogP contribution < -0.4 is 4.90 Å². The number of fused-ring (bicyclic) bond motifs is 1. The summed E-state index contributed by atoms with van der Waals surface area (Å²) in [5, 5.41) is 4.00. The summed E-state index contributed by atoms with van der Waals surface area (Å²) in [5.74, 6) is 1.70. The van der Waals surface area contributed by atoms with E-state index >= 15 is 0 Å². The number of hydrogen-bond acceptors (Lipinski definition) is 4. The van der Waals surface area contributed by atoms with Crippen LogP contribution in [0.3, 0.4) is 0 Å². The summed E-state index contributed by atoms with van der Waals surface area (Å²) < 4.78 is 4.91. The van der Waals surface area contributed by atoms with Crippen LogP contribution in [0.1, 0.15) is 57.9 Å². The van der Waals surface area contributed by atoms with Crippen LogP contribution in [0.4, 0.5) is 5.69 Å². The fourth-order valence-corrected chi connectivity index (χ4v) is 5.55. The van der Waals surface area contributed by atoms with Gasteiger partial charge in [-0.1, -0.05) is 37.2 Å². The van der Waals surface area contributed by atoms with Crippen LogP contribution in [-0.2, 0) is 7.96 Å². The van der Waals surface area contributed by atoms with Gasteiger partial charge in [-0.15, -0.1) is 0 Å². The maximum atomic E-state index is 13.0. The van der Waals surface area contributed by atoms with Crippen LogP contribution in [0, 0.1) is 11.8 Å². The average Bonchev–Trinajstić information content (AvgIpc) is 3.00. The zero-order valence-corrected chi connectivity index (χ0v) is 19.0. The molecule has 2 fully saturated rings. The number of anilines is 1. The summed E-state index contributed by atoms with van der Waals surface area (Å²) >= 11 is 1.72. The monoisotopic (exact) mass is 495 g/mol. The van der Waals surface area contributed by atoms with Gasteiger partial charge < -0.3 is 13.0 Å². The Hall–Kier alpha value is -1.15. The van der Waals surface area contributed by atoms with Gasteiger partial charge in [0.2, 0.25) is 23.0 Å². The highest BCUT2D eigenvalue weighted by Crippen LogP contribution is 2.36. The number of para-hydroxylation sites is 1. The van der Waals surface area contributed by atoms with Gasteiger partial charge in [0.15, 0.2) is 5.71 Å². The number of rotatable bonds is 4. The van der Waals surface area contributed by atoms with Gasteiger partial charge in [0.25, 0.3) is 5.91 Å². The van der Waals surface area contributed by atoms with Crippen LogP contribution in [-0.4, -0.2) is 41.7 Å². The zero-order chi connectivity index (χ0) is 19.7. The molecule has 0 N–H and O–H groups in total. The van der Waals surface area contributed by atoms with E-state index < -0.39 is 0 Å². The third kappa shape index (κ3) is 3.82. The van der Waals surface area contributed by atoms with Gasteiger partial charge in [0.1, 0.15) is 0 Å². The lowest BCUT2D eigenvalue weighted by Crippen LogP contribution is -2.50. The molecule has 0 radical (unpaired) electrons. The topological polar surface area (TPSA) is 45.1 Å². The van der Waals surface area contributed by atoms with E-state index in [4.69, 9.17) is 3.17 Å². The van der Waals surface area contributed by atoms with Gasteiger partial charge in [-0.3, -0.25) is 4.79 Å². The van der Waals surface area contributed by atoms with Gasteiger partial charge in [0.05, 0.1) is 5.69 Å². The third-order valence-corrected chi connectivity index (χ3v) is 7.23. The Morgan fingerprint density at radius 3 is 2.36 bits per heavy atom. The van der Waals surface area contributed by atoms with Crippen molar-refractivity contribution >= 4 is 40.3 Å². The molecule has 28 heavy (non-hydrogen) atoms. The summed E-state index contributed by atoms with van der Waals surface area (Å²) in [6.07, 6.45) is 7.48. The highest BCUT2D eigenvalue weighted by molar-refractivity contribution is 14.1. The molecule has 0 atom stereocenters. The maximum absolute atomic E-state index is 13.0. The lowest BCUT2D eigenvalue weighted by molar-refractivity contribution is -0.113. The largest absolute Gasteiger partial charge is 0.326 e. The molecule has 1 aliphatic carbocycles. The van der Waals surface area contributed by atoms with E-state index in [1.165, 1.54) is 25.7 Å². The molecule has 2 heterocycles. The van der Waals surface area contributed by atoms with Crippen LogP contribution >= 0.6 is 23.0 Å². The molecule has 1 aromatic rings. The lowest BCUT2D eigenvalue weighted by Gasteiger charge is -2.43. The Kier molecular flexibility index (Phi) is 6.25. The fraction of sp³-hybridized carbons (Fsp3) is 0.636. The van der Waals surface area contributed by atoms with Crippen molar-refractivity contribution in [1.82, 2.24) is 4.90 Å². The first-order valence-electron chi connectivity index (χ1n) is 10.6. The predicted octanol–water partition coefficient (Wildman–Crippen LogP) is 4.78. The Bertz CT molecular complexity index is 735. The number of halogens is 1. The van der Waals surface area contributed by atoms with Crippen molar-refractivity contribution in [3.05, 3.63) is 29.8 Å². The molecule has 6 heteroatoms. The molecule has 0 bridgehead atoms. The molecule has 4 rings (SSSR count). The van der Waals surface area contributed by atoms with Gasteiger partial charge in [-0.05, 0) is 56.4 Å². The quantitative estimate of drug-likeness (QED) is 0.446. The number of carbonyl (C=O) groups is 1. The van der Waals surface area contributed by atoms with E-state index in [9.17, 15) is 4.79 Å². The van der Waals surface area contributed by atoms with Crippen molar-refractivity contribution in [2.24, 2.45) is 17.0 Å². The zero-order valence-electron chi connectivity index (χ0n) is 16.8. The molecule has 3 aliphatic rings. The first-order valence-corrected chi connectivity index (χ1v) is 11.5. The van der Waals surface area contributed by atoms with Gasteiger partial charge in [0, 0.05) is 30.7 Å². The van der Waals surface area contributed by atoms with Crippen molar-refractivity contribution < 1.29 is 7.96 Å². The van der Waals surface area contributed by atoms with Crippen molar-refractivity contribution in [3.8, 4) is 0 Å². The van der Waals surface area contributed by atoms with Gasteiger partial charge >= 0.3 is 0 Å². The van der Waals surface area contributed by atoms with E-state index in [1.54, 1.807) is 23.0 Å². The number of benzene rings is 1. The molecular weight excluding hydrogens is 465 g/mol. The lowest BCUT2D eigenvalue weighted by atomic mass is 9.79. The van der Waals surface area contributed by atoms with E-state index in [-0.39, 0.29) is 11.9 Å². The smallest absolute Gasteiger partial charge is 0.281 e. The summed E-state index contributed by atoms with van der Waals surface area (Å²) in [6.45, 7) is 6.90. The summed E-state index contributed by atoms with van der Waals surface area (Å²) in [5.41, 5.74) is 2.30. The van der Waals surface area contributed by atoms with Gasteiger partial charge in [-0.25, -0.2) is 0 Å². The maximum Gasteiger partial charge on any atom is 0.281 e. The molecule has 2 aliphatic heterocycles. The molecule has 0 spiro atoms. The Morgan fingerprint density at radius 1 is 1.04 bits per heavy atom. The van der Waals surface area contributed by atoms with E-state index in [2.05, 4.69) is 23.9 Å². The molecule has 0 aromatic heterocycles. The third-order valence-electron chi connectivity index (χ3n) is 7.03. The van der Waals surface area contributed by atoms with Crippen LogP contribution in [0.25, 0.3) is 0 Å². The number of amides is 1. The molecule has 1 saturated carbocycles. The first-order chi connectivity index (χ1) is 13.6. The fourth-order valence-electron chi connectivity index (χ4n) is 5.35.